The van der Waals surface area contributed by atoms with E-state index in [1.807, 2.05) is 19.0 Å². The fourth-order valence-corrected chi connectivity index (χ4v) is 4.44. The summed E-state index contributed by atoms with van der Waals surface area (Å²) in [5.41, 5.74) is 0. The minimum Gasteiger partial charge on any atom is -0.349 e. The number of likely N-dealkylation sites (tertiary alicyclic amines) is 1. The molecule has 22 heavy (non-hydrogen) atoms. The quantitative estimate of drug-likeness (QED) is 0.835. The van der Waals surface area contributed by atoms with Crippen molar-refractivity contribution in [3.05, 3.63) is 0 Å². The number of nitrogens with one attached hydrogen (secondary N) is 1. The molecule has 3 atom stereocenters. The van der Waals surface area contributed by atoms with Crippen LogP contribution in [0.4, 0.5) is 0 Å². The fraction of sp³-hybridized carbons (Fsp3) is 0.882. The first-order valence-electron chi connectivity index (χ1n) is 8.82. The predicted octanol–water partition coefficient (Wildman–Crippen LogP) is 1.23. The molecular formula is C17H29N3O2. The number of piperidine rings is 1. The lowest BCUT2D eigenvalue weighted by Crippen LogP contribution is -2.49. The zero-order chi connectivity index (χ0) is 15.7. The third-order valence-corrected chi connectivity index (χ3v) is 5.76. The van der Waals surface area contributed by atoms with Gasteiger partial charge in [-0.2, -0.15) is 0 Å². The van der Waals surface area contributed by atoms with Gasteiger partial charge in [0.2, 0.25) is 11.8 Å². The Bertz CT molecular complexity index is 416. The molecular weight excluding hydrogens is 278 g/mol. The summed E-state index contributed by atoms with van der Waals surface area (Å²) in [6.45, 7) is 1.47. The predicted molar refractivity (Wildman–Crippen MR) is 85.3 cm³/mol. The van der Waals surface area contributed by atoms with E-state index in [4.69, 9.17) is 0 Å². The van der Waals surface area contributed by atoms with Crippen molar-refractivity contribution in [1.29, 1.82) is 0 Å². The van der Waals surface area contributed by atoms with Crippen LogP contribution in [0.25, 0.3) is 0 Å². The lowest BCUT2D eigenvalue weighted by molar-refractivity contribution is -0.140. The van der Waals surface area contributed by atoms with E-state index in [1.54, 1.807) is 4.90 Å². The highest BCUT2D eigenvalue weighted by molar-refractivity contribution is 5.83. The second-order valence-electron chi connectivity index (χ2n) is 7.44. The minimum absolute atomic E-state index is 0.0224. The van der Waals surface area contributed by atoms with Crippen LogP contribution in [0.5, 0.6) is 0 Å². The molecule has 3 rings (SSSR count). The second kappa shape index (κ2) is 6.57. The molecule has 5 nitrogen and oxygen atoms in total. The van der Waals surface area contributed by atoms with Crippen LogP contribution < -0.4 is 5.32 Å². The zero-order valence-corrected chi connectivity index (χ0v) is 13.9. The lowest BCUT2D eigenvalue weighted by atomic mass is 9.85. The van der Waals surface area contributed by atoms with Crippen LogP contribution in [0, 0.1) is 11.8 Å². The van der Waals surface area contributed by atoms with E-state index >= 15 is 0 Å². The van der Waals surface area contributed by atoms with Gasteiger partial charge in [-0.3, -0.25) is 9.59 Å². The van der Waals surface area contributed by atoms with E-state index in [-0.39, 0.29) is 23.8 Å². The van der Waals surface area contributed by atoms with Crippen LogP contribution in [0.15, 0.2) is 0 Å². The van der Waals surface area contributed by atoms with Crippen LogP contribution in [0.1, 0.15) is 44.9 Å². The van der Waals surface area contributed by atoms with Gasteiger partial charge in [0.15, 0.2) is 0 Å². The molecule has 124 valence electrons. The maximum absolute atomic E-state index is 12.7. The van der Waals surface area contributed by atoms with Crippen molar-refractivity contribution in [1.82, 2.24) is 15.1 Å². The number of nitrogens with zero attached hydrogens (tertiary/aromatic N) is 2. The summed E-state index contributed by atoms with van der Waals surface area (Å²) < 4.78 is 0. The van der Waals surface area contributed by atoms with Gasteiger partial charge >= 0.3 is 0 Å². The Morgan fingerprint density at radius 1 is 1.05 bits per heavy atom. The van der Waals surface area contributed by atoms with E-state index in [2.05, 4.69) is 5.32 Å². The molecule has 0 bridgehead atoms. The summed E-state index contributed by atoms with van der Waals surface area (Å²) in [5.74, 6) is 1.27. The molecule has 2 amide bonds. The molecule has 2 saturated heterocycles. The standard InChI is InChI=1S/C17H29N3O2/c1-19(2)16(21)12-7-9-20(10-8-12)17(22)15-11-13-5-3-4-6-14(13)18-15/h12-15,18H,3-11H2,1-2H3. The smallest absolute Gasteiger partial charge is 0.239 e. The van der Waals surface area contributed by atoms with Gasteiger partial charge in [-0.1, -0.05) is 12.8 Å². The molecule has 0 aromatic heterocycles. The molecule has 0 aromatic rings. The molecule has 3 unspecified atom stereocenters. The molecule has 1 saturated carbocycles. The summed E-state index contributed by atoms with van der Waals surface area (Å²) >= 11 is 0. The topological polar surface area (TPSA) is 52.7 Å². The maximum atomic E-state index is 12.7. The molecule has 3 aliphatic rings. The summed E-state index contributed by atoms with van der Waals surface area (Å²) in [4.78, 5) is 28.4. The molecule has 2 aliphatic heterocycles. The van der Waals surface area contributed by atoms with Crippen molar-refractivity contribution in [3.8, 4) is 0 Å². The summed E-state index contributed by atoms with van der Waals surface area (Å²) in [5, 5.41) is 3.58. The Morgan fingerprint density at radius 2 is 1.73 bits per heavy atom. The van der Waals surface area contributed by atoms with Crippen molar-refractivity contribution in [2.75, 3.05) is 27.2 Å². The first kappa shape index (κ1) is 15.8. The van der Waals surface area contributed by atoms with E-state index in [1.165, 1.54) is 25.7 Å². The van der Waals surface area contributed by atoms with Crippen molar-refractivity contribution in [2.24, 2.45) is 11.8 Å². The first-order valence-corrected chi connectivity index (χ1v) is 8.82. The number of carbonyl (C=O) groups is 2. The van der Waals surface area contributed by atoms with Gasteiger partial charge in [-0.15, -0.1) is 0 Å². The average Bonchev–Trinajstić information content (AvgIpc) is 2.97. The zero-order valence-electron chi connectivity index (χ0n) is 13.9. The molecule has 0 aromatic carbocycles. The highest BCUT2D eigenvalue weighted by Crippen LogP contribution is 2.34. The number of carbonyl (C=O) groups excluding carboxylic acids is 2. The highest BCUT2D eigenvalue weighted by atomic mass is 16.2. The summed E-state index contributed by atoms with van der Waals surface area (Å²) in [7, 11) is 3.62. The van der Waals surface area contributed by atoms with E-state index < -0.39 is 0 Å². The van der Waals surface area contributed by atoms with Gasteiger partial charge in [0, 0.05) is 39.1 Å². The van der Waals surface area contributed by atoms with Crippen LogP contribution in [-0.2, 0) is 9.59 Å². The monoisotopic (exact) mass is 307 g/mol. The number of hydrogen-bond acceptors (Lipinski definition) is 3. The van der Waals surface area contributed by atoms with Crippen LogP contribution >= 0.6 is 0 Å². The van der Waals surface area contributed by atoms with Gasteiger partial charge < -0.3 is 15.1 Å². The lowest BCUT2D eigenvalue weighted by Gasteiger charge is -2.34. The van der Waals surface area contributed by atoms with Gasteiger partial charge in [0.25, 0.3) is 0 Å². The van der Waals surface area contributed by atoms with Gasteiger partial charge in [-0.25, -0.2) is 0 Å². The van der Waals surface area contributed by atoms with E-state index in [0.29, 0.717) is 12.0 Å². The van der Waals surface area contributed by atoms with Crippen molar-refractivity contribution in [2.45, 2.75) is 57.0 Å². The van der Waals surface area contributed by atoms with Crippen LogP contribution in [0.2, 0.25) is 0 Å². The maximum Gasteiger partial charge on any atom is 0.239 e. The number of hydrogen-bond donors (Lipinski definition) is 1. The molecule has 5 heteroatoms. The van der Waals surface area contributed by atoms with Gasteiger partial charge in [0.1, 0.15) is 0 Å². The second-order valence-corrected chi connectivity index (χ2v) is 7.44. The number of rotatable bonds is 2. The SMILES string of the molecule is CN(C)C(=O)C1CCN(C(=O)C2CC3CCCCC3N2)CC1. The molecule has 0 radical (unpaired) electrons. The molecule has 1 N–H and O–H groups in total. The highest BCUT2D eigenvalue weighted by Gasteiger charge is 2.40. The Hall–Kier alpha value is -1.10. The third kappa shape index (κ3) is 3.14. The average molecular weight is 307 g/mol. The summed E-state index contributed by atoms with van der Waals surface area (Å²) in [6, 6.07) is 0.588. The van der Waals surface area contributed by atoms with Crippen molar-refractivity contribution >= 4 is 11.8 Å². The molecule has 0 spiro atoms. The normalized spacial score (nSPS) is 32.6. The fourth-order valence-electron chi connectivity index (χ4n) is 4.44. The van der Waals surface area contributed by atoms with Gasteiger partial charge in [0.05, 0.1) is 6.04 Å². The Kier molecular flexibility index (Phi) is 4.71. The summed E-state index contributed by atoms with van der Waals surface area (Å²) in [6.07, 6.45) is 7.76. The number of fused-ring (bicyclic) bond motifs is 1. The Balaban J connectivity index is 1.51. The van der Waals surface area contributed by atoms with Gasteiger partial charge in [-0.05, 0) is 38.0 Å². The van der Waals surface area contributed by atoms with E-state index in [9.17, 15) is 9.59 Å². The van der Waals surface area contributed by atoms with E-state index in [0.717, 1.165) is 32.4 Å². The Morgan fingerprint density at radius 3 is 2.36 bits per heavy atom. The van der Waals surface area contributed by atoms with Crippen LogP contribution in [0.3, 0.4) is 0 Å². The van der Waals surface area contributed by atoms with Crippen molar-refractivity contribution in [3.63, 3.8) is 0 Å². The third-order valence-electron chi connectivity index (χ3n) is 5.76. The first-order chi connectivity index (χ1) is 10.6. The number of amides is 2. The molecule has 2 heterocycles. The minimum atomic E-state index is 0.0224. The molecule has 1 aliphatic carbocycles. The van der Waals surface area contributed by atoms with Crippen LogP contribution in [-0.4, -0.2) is 60.9 Å². The van der Waals surface area contributed by atoms with Crippen molar-refractivity contribution < 1.29 is 9.59 Å². The Labute approximate surface area is 133 Å². The largest absolute Gasteiger partial charge is 0.349 e. The molecule has 3 fully saturated rings.